The third-order valence-corrected chi connectivity index (χ3v) is 4.08. The Morgan fingerprint density at radius 1 is 1.16 bits per heavy atom. The SMILES string of the molecule is CCCNC(Cc1ccc2c(c1)CCC2)CC(C)C. The fraction of sp³-hybridized carbons (Fsp3) is 0.667. The summed E-state index contributed by atoms with van der Waals surface area (Å²) in [5.41, 5.74) is 4.72. The van der Waals surface area contributed by atoms with Crippen molar-refractivity contribution in [1.29, 1.82) is 0 Å². The summed E-state index contributed by atoms with van der Waals surface area (Å²) in [4.78, 5) is 0. The highest BCUT2D eigenvalue weighted by Crippen LogP contribution is 2.23. The molecule has 1 N–H and O–H groups in total. The third-order valence-electron chi connectivity index (χ3n) is 4.08. The van der Waals surface area contributed by atoms with Crippen molar-refractivity contribution < 1.29 is 0 Å². The molecule has 0 saturated carbocycles. The molecule has 106 valence electrons. The summed E-state index contributed by atoms with van der Waals surface area (Å²) in [6.45, 7) is 8.03. The third kappa shape index (κ3) is 4.35. The van der Waals surface area contributed by atoms with Crippen LogP contribution < -0.4 is 5.32 Å². The van der Waals surface area contributed by atoms with Crippen molar-refractivity contribution in [2.75, 3.05) is 6.54 Å². The van der Waals surface area contributed by atoms with E-state index >= 15 is 0 Å². The first-order valence-electron chi connectivity index (χ1n) is 8.03. The highest BCUT2D eigenvalue weighted by atomic mass is 14.9. The van der Waals surface area contributed by atoms with Crippen molar-refractivity contribution in [3.8, 4) is 0 Å². The van der Waals surface area contributed by atoms with E-state index in [2.05, 4.69) is 44.3 Å². The van der Waals surface area contributed by atoms with Gasteiger partial charge in [0.2, 0.25) is 0 Å². The monoisotopic (exact) mass is 259 g/mol. The van der Waals surface area contributed by atoms with E-state index < -0.39 is 0 Å². The number of hydrogen-bond acceptors (Lipinski definition) is 1. The molecule has 1 heteroatoms. The number of rotatable bonds is 7. The lowest BCUT2D eigenvalue weighted by Crippen LogP contribution is -2.33. The predicted octanol–water partition coefficient (Wildman–Crippen LogP) is 4.13. The van der Waals surface area contributed by atoms with Gasteiger partial charge in [0.1, 0.15) is 0 Å². The van der Waals surface area contributed by atoms with Crippen molar-refractivity contribution in [2.24, 2.45) is 5.92 Å². The Hall–Kier alpha value is -0.820. The molecule has 1 atom stereocenters. The van der Waals surface area contributed by atoms with E-state index in [-0.39, 0.29) is 0 Å². The standard InChI is InChI=1S/C18H29N/c1-4-10-19-18(11-14(2)3)13-15-8-9-16-6-5-7-17(16)12-15/h8-9,12,14,18-19H,4-7,10-11,13H2,1-3H3. The lowest BCUT2D eigenvalue weighted by molar-refractivity contribution is 0.416. The van der Waals surface area contributed by atoms with Gasteiger partial charge in [-0.15, -0.1) is 0 Å². The van der Waals surface area contributed by atoms with Crippen LogP contribution in [-0.4, -0.2) is 12.6 Å². The lowest BCUT2D eigenvalue weighted by atomic mass is 9.95. The van der Waals surface area contributed by atoms with E-state index in [0.717, 1.165) is 12.5 Å². The predicted molar refractivity (Wildman–Crippen MR) is 83.7 cm³/mol. The molecule has 0 aromatic heterocycles. The minimum absolute atomic E-state index is 0.638. The fourth-order valence-corrected chi connectivity index (χ4v) is 3.19. The summed E-state index contributed by atoms with van der Waals surface area (Å²) < 4.78 is 0. The zero-order valence-corrected chi connectivity index (χ0v) is 12.8. The van der Waals surface area contributed by atoms with E-state index in [4.69, 9.17) is 0 Å². The van der Waals surface area contributed by atoms with Crippen molar-refractivity contribution in [3.63, 3.8) is 0 Å². The fourth-order valence-electron chi connectivity index (χ4n) is 3.19. The van der Waals surface area contributed by atoms with Gasteiger partial charge in [0.15, 0.2) is 0 Å². The van der Waals surface area contributed by atoms with Crippen molar-refractivity contribution >= 4 is 0 Å². The minimum atomic E-state index is 0.638. The van der Waals surface area contributed by atoms with Gasteiger partial charge in [0.25, 0.3) is 0 Å². The molecule has 19 heavy (non-hydrogen) atoms. The van der Waals surface area contributed by atoms with Crippen LogP contribution in [0.4, 0.5) is 0 Å². The number of hydrogen-bond donors (Lipinski definition) is 1. The Bertz CT molecular complexity index is 395. The summed E-state index contributed by atoms with van der Waals surface area (Å²) in [5, 5.41) is 3.72. The maximum atomic E-state index is 3.72. The number of nitrogens with one attached hydrogen (secondary N) is 1. The molecule has 1 aromatic rings. The van der Waals surface area contributed by atoms with Gasteiger partial charge >= 0.3 is 0 Å². The molecule has 0 fully saturated rings. The molecule has 0 radical (unpaired) electrons. The van der Waals surface area contributed by atoms with Gasteiger partial charge in [-0.3, -0.25) is 0 Å². The topological polar surface area (TPSA) is 12.0 Å². The molecule has 0 amide bonds. The van der Waals surface area contributed by atoms with E-state index in [1.54, 1.807) is 11.1 Å². The quantitative estimate of drug-likeness (QED) is 0.776. The maximum absolute atomic E-state index is 3.72. The molecule has 0 spiro atoms. The van der Waals surface area contributed by atoms with Gasteiger partial charge in [0, 0.05) is 6.04 Å². The first-order chi connectivity index (χ1) is 9.19. The highest BCUT2D eigenvalue weighted by Gasteiger charge is 2.14. The molecule has 1 aromatic carbocycles. The molecule has 0 aliphatic heterocycles. The van der Waals surface area contributed by atoms with Crippen molar-refractivity contribution in [1.82, 2.24) is 5.32 Å². The van der Waals surface area contributed by atoms with Gasteiger partial charge in [-0.25, -0.2) is 0 Å². The zero-order valence-electron chi connectivity index (χ0n) is 12.8. The largest absolute Gasteiger partial charge is 0.314 e. The average Bonchev–Trinajstić information content (AvgIpc) is 2.82. The van der Waals surface area contributed by atoms with E-state index in [1.807, 2.05) is 0 Å². The minimum Gasteiger partial charge on any atom is -0.314 e. The van der Waals surface area contributed by atoms with Crippen LogP contribution in [0.5, 0.6) is 0 Å². The van der Waals surface area contributed by atoms with Crippen LogP contribution in [-0.2, 0) is 19.3 Å². The molecule has 1 unspecified atom stereocenters. The Labute approximate surface area is 118 Å². The molecule has 1 aliphatic carbocycles. The van der Waals surface area contributed by atoms with E-state index in [9.17, 15) is 0 Å². The van der Waals surface area contributed by atoms with Crippen LogP contribution >= 0.6 is 0 Å². The van der Waals surface area contributed by atoms with Crippen molar-refractivity contribution in [3.05, 3.63) is 34.9 Å². The van der Waals surface area contributed by atoms with E-state index in [0.29, 0.717) is 6.04 Å². The second-order valence-electron chi connectivity index (χ2n) is 6.44. The lowest BCUT2D eigenvalue weighted by Gasteiger charge is -2.21. The summed E-state index contributed by atoms with van der Waals surface area (Å²) in [7, 11) is 0. The maximum Gasteiger partial charge on any atom is 0.0110 e. The van der Waals surface area contributed by atoms with Crippen LogP contribution in [0.25, 0.3) is 0 Å². The van der Waals surface area contributed by atoms with Gasteiger partial charge in [-0.1, -0.05) is 39.0 Å². The Balaban J connectivity index is 1.99. The van der Waals surface area contributed by atoms with Gasteiger partial charge in [0.05, 0.1) is 0 Å². The first kappa shape index (κ1) is 14.6. The summed E-state index contributed by atoms with van der Waals surface area (Å²) in [6.07, 6.45) is 7.61. The summed E-state index contributed by atoms with van der Waals surface area (Å²) in [6, 6.07) is 7.82. The first-order valence-corrected chi connectivity index (χ1v) is 8.03. The Morgan fingerprint density at radius 2 is 1.95 bits per heavy atom. The van der Waals surface area contributed by atoms with Crippen LogP contribution in [0.15, 0.2) is 18.2 Å². The molecule has 1 aliphatic rings. The zero-order chi connectivity index (χ0) is 13.7. The normalized spacial score (nSPS) is 15.8. The molecule has 0 saturated heterocycles. The number of benzene rings is 1. The Morgan fingerprint density at radius 3 is 2.68 bits per heavy atom. The number of fused-ring (bicyclic) bond motifs is 1. The van der Waals surface area contributed by atoms with E-state index in [1.165, 1.54) is 44.1 Å². The average molecular weight is 259 g/mol. The van der Waals surface area contributed by atoms with Crippen LogP contribution in [0.3, 0.4) is 0 Å². The van der Waals surface area contributed by atoms with Crippen molar-refractivity contribution in [2.45, 2.75) is 65.3 Å². The molecule has 0 heterocycles. The van der Waals surface area contributed by atoms with Gasteiger partial charge in [-0.05, 0) is 67.7 Å². The van der Waals surface area contributed by atoms with Crippen LogP contribution in [0.1, 0.15) is 56.7 Å². The molecule has 1 nitrogen and oxygen atoms in total. The smallest absolute Gasteiger partial charge is 0.0110 e. The Kier molecular flexibility index (Phi) is 5.45. The second kappa shape index (κ2) is 7.09. The van der Waals surface area contributed by atoms with Gasteiger partial charge in [-0.2, -0.15) is 0 Å². The van der Waals surface area contributed by atoms with Crippen LogP contribution in [0, 0.1) is 5.92 Å². The second-order valence-corrected chi connectivity index (χ2v) is 6.44. The molecular formula is C18H29N. The molecule has 0 bridgehead atoms. The molecule has 2 rings (SSSR count). The highest BCUT2D eigenvalue weighted by molar-refractivity contribution is 5.35. The van der Waals surface area contributed by atoms with Crippen LogP contribution in [0.2, 0.25) is 0 Å². The summed E-state index contributed by atoms with van der Waals surface area (Å²) in [5.74, 6) is 0.767. The summed E-state index contributed by atoms with van der Waals surface area (Å²) >= 11 is 0. The number of aryl methyl sites for hydroxylation is 2. The van der Waals surface area contributed by atoms with Gasteiger partial charge < -0.3 is 5.32 Å². The molecular weight excluding hydrogens is 230 g/mol.